The number of benzene rings is 1. The maximum atomic E-state index is 6.26. The van der Waals surface area contributed by atoms with E-state index in [0.29, 0.717) is 17.7 Å². The fraction of sp³-hybridized carbons (Fsp3) is 0.429. The normalized spacial score (nSPS) is 16.0. The summed E-state index contributed by atoms with van der Waals surface area (Å²) in [4.78, 5) is 10.9. The number of rotatable bonds is 8. The van der Waals surface area contributed by atoms with E-state index in [1.807, 2.05) is 36.4 Å². The zero-order valence-electron chi connectivity index (χ0n) is 17.3. The lowest BCUT2D eigenvalue weighted by Crippen LogP contribution is -2.45. The lowest BCUT2D eigenvalue weighted by atomic mass is 10.3. The Kier molecular flexibility index (Phi) is 10.3. The fourth-order valence-electron chi connectivity index (χ4n) is 3.21. The van der Waals surface area contributed by atoms with E-state index in [0.717, 1.165) is 55.8 Å². The van der Waals surface area contributed by atoms with Gasteiger partial charge in [0.1, 0.15) is 17.3 Å². The zero-order valence-corrected chi connectivity index (χ0v) is 20.4. The Morgan fingerprint density at radius 2 is 2.03 bits per heavy atom. The predicted octanol–water partition coefficient (Wildman–Crippen LogP) is 3.57. The van der Waals surface area contributed by atoms with Crippen LogP contribution in [0.2, 0.25) is 5.02 Å². The van der Waals surface area contributed by atoms with Crippen molar-refractivity contribution in [3.05, 3.63) is 47.6 Å². The topological polar surface area (TPSA) is 71.0 Å². The number of nitrogens with one attached hydrogen (secondary N) is 2. The van der Waals surface area contributed by atoms with Crippen molar-refractivity contribution in [3.8, 4) is 11.5 Å². The van der Waals surface area contributed by atoms with Crippen LogP contribution >= 0.6 is 35.6 Å². The molecular formula is C21H29ClIN5O2. The molecule has 1 aromatic heterocycles. The van der Waals surface area contributed by atoms with Crippen LogP contribution in [0.25, 0.3) is 0 Å². The summed E-state index contributed by atoms with van der Waals surface area (Å²) in [7, 11) is 3.44. The summed E-state index contributed by atoms with van der Waals surface area (Å²) in [5, 5.41) is 7.51. The van der Waals surface area contributed by atoms with Gasteiger partial charge in [0.2, 0.25) is 0 Å². The van der Waals surface area contributed by atoms with Crippen LogP contribution in [0.5, 0.6) is 11.5 Å². The van der Waals surface area contributed by atoms with Gasteiger partial charge in [-0.3, -0.25) is 4.99 Å². The molecule has 0 saturated carbocycles. The second-order valence-electron chi connectivity index (χ2n) is 6.76. The number of hydrogen-bond acceptors (Lipinski definition) is 5. The quantitative estimate of drug-likeness (QED) is 0.229. The molecule has 3 rings (SSSR count). The Morgan fingerprint density at radius 3 is 2.73 bits per heavy atom. The predicted molar refractivity (Wildman–Crippen MR) is 133 cm³/mol. The third-order valence-electron chi connectivity index (χ3n) is 4.73. The summed E-state index contributed by atoms with van der Waals surface area (Å²) in [6.45, 7) is 3.17. The molecule has 164 valence electrons. The summed E-state index contributed by atoms with van der Waals surface area (Å²) in [6, 6.07) is 11.6. The van der Waals surface area contributed by atoms with Gasteiger partial charge in [-0.25, -0.2) is 4.98 Å². The average Bonchev–Trinajstić information content (AvgIpc) is 3.21. The SMILES string of the molecule is CN=C(NCCCOc1ccc(OC)cc1)NC1CCN(c2ncccc2Cl)C1.I. The molecule has 7 nitrogen and oxygen atoms in total. The van der Waals surface area contributed by atoms with Crippen molar-refractivity contribution >= 4 is 47.4 Å². The number of halogens is 2. The highest BCUT2D eigenvalue weighted by Gasteiger charge is 2.25. The van der Waals surface area contributed by atoms with Crippen molar-refractivity contribution in [3.63, 3.8) is 0 Å². The maximum Gasteiger partial charge on any atom is 0.191 e. The second kappa shape index (κ2) is 12.7. The molecule has 0 amide bonds. The summed E-state index contributed by atoms with van der Waals surface area (Å²) in [5.41, 5.74) is 0. The third kappa shape index (κ3) is 7.09. The summed E-state index contributed by atoms with van der Waals surface area (Å²) in [5.74, 6) is 3.31. The van der Waals surface area contributed by atoms with Crippen LogP contribution in [0.1, 0.15) is 12.8 Å². The first-order chi connectivity index (χ1) is 14.2. The molecule has 0 radical (unpaired) electrons. The van der Waals surface area contributed by atoms with Crippen molar-refractivity contribution in [1.82, 2.24) is 15.6 Å². The number of aliphatic imine (C=N–C) groups is 1. The van der Waals surface area contributed by atoms with Gasteiger partial charge in [-0.15, -0.1) is 24.0 Å². The van der Waals surface area contributed by atoms with Gasteiger partial charge < -0.3 is 25.0 Å². The molecule has 1 atom stereocenters. The number of hydrogen-bond donors (Lipinski definition) is 2. The highest BCUT2D eigenvalue weighted by Crippen LogP contribution is 2.25. The molecule has 30 heavy (non-hydrogen) atoms. The number of methoxy groups -OCH3 is 1. The largest absolute Gasteiger partial charge is 0.497 e. The van der Waals surface area contributed by atoms with Crippen LogP contribution in [-0.2, 0) is 0 Å². The molecule has 9 heteroatoms. The molecule has 1 aromatic carbocycles. The zero-order chi connectivity index (χ0) is 20.5. The van der Waals surface area contributed by atoms with Gasteiger partial charge in [0, 0.05) is 38.9 Å². The Bertz CT molecular complexity index is 806. The first-order valence-electron chi connectivity index (χ1n) is 9.79. The molecule has 1 aliphatic rings. The smallest absolute Gasteiger partial charge is 0.191 e. The van der Waals surface area contributed by atoms with Gasteiger partial charge in [-0.05, 0) is 49.2 Å². The van der Waals surface area contributed by atoms with Crippen LogP contribution in [0, 0.1) is 0 Å². The Hall–Kier alpha value is -1.94. The van der Waals surface area contributed by atoms with Crippen LogP contribution in [0.4, 0.5) is 5.82 Å². The Morgan fingerprint density at radius 1 is 1.27 bits per heavy atom. The minimum atomic E-state index is 0. The van der Waals surface area contributed by atoms with Crippen LogP contribution < -0.4 is 25.0 Å². The first-order valence-corrected chi connectivity index (χ1v) is 10.2. The molecule has 2 heterocycles. The second-order valence-corrected chi connectivity index (χ2v) is 7.17. The van der Waals surface area contributed by atoms with E-state index in [4.69, 9.17) is 21.1 Å². The van der Waals surface area contributed by atoms with Gasteiger partial charge in [0.25, 0.3) is 0 Å². The van der Waals surface area contributed by atoms with E-state index >= 15 is 0 Å². The standard InChI is InChI=1S/C21H28ClN5O2.HI/c1-23-21(25-12-4-14-29-18-8-6-17(28-2)7-9-18)26-16-10-13-27(15-16)20-19(22)5-3-11-24-20;/h3,5-9,11,16H,4,10,12-15H2,1-2H3,(H2,23,25,26);1H. The lowest BCUT2D eigenvalue weighted by molar-refractivity contribution is 0.310. The van der Waals surface area contributed by atoms with E-state index in [1.165, 1.54) is 0 Å². The van der Waals surface area contributed by atoms with Gasteiger partial charge >= 0.3 is 0 Å². The highest BCUT2D eigenvalue weighted by molar-refractivity contribution is 14.0. The minimum Gasteiger partial charge on any atom is -0.497 e. The van der Waals surface area contributed by atoms with Crippen LogP contribution in [0.3, 0.4) is 0 Å². The van der Waals surface area contributed by atoms with Crippen molar-refractivity contribution in [1.29, 1.82) is 0 Å². The molecule has 1 aliphatic heterocycles. The molecular weight excluding hydrogens is 517 g/mol. The number of ether oxygens (including phenoxy) is 2. The van der Waals surface area contributed by atoms with Crippen molar-refractivity contribution < 1.29 is 9.47 Å². The molecule has 1 fully saturated rings. The van der Waals surface area contributed by atoms with Gasteiger partial charge in [0.15, 0.2) is 5.96 Å². The molecule has 2 aromatic rings. The number of anilines is 1. The minimum absolute atomic E-state index is 0. The van der Waals surface area contributed by atoms with Crippen molar-refractivity contribution in [2.45, 2.75) is 18.9 Å². The monoisotopic (exact) mass is 545 g/mol. The third-order valence-corrected chi connectivity index (χ3v) is 5.03. The molecule has 1 unspecified atom stereocenters. The number of guanidine groups is 1. The van der Waals surface area contributed by atoms with Gasteiger partial charge in [-0.2, -0.15) is 0 Å². The average molecular weight is 546 g/mol. The van der Waals surface area contributed by atoms with Crippen molar-refractivity contribution in [2.75, 3.05) is 45.3 Å². The maximum absolute atomic E-state index is 6.26. The van der Waals surface area contributed by atoms with Crippen LogP contribution in [-0.4, -0.2) is 57.4 Å². The molecule has 0 aliphatic carbocycles. The number of nitrogens with zero attached hydrogens (tertiary/aromatic N) is 3. The summed E-state index contributed by atoms with van der Waals surface area (Å²) < 4.78 is 10.9. The molecule has 2 N–H and O–H groups in total. The Balaban J connectivity index is 0.00000320. The fourth-order valence-corrected chi connectivity index (χ4v) is 3.45. The van der Waals surface area contributed by atoms with E-state index in [1.54, 1.807) is 20.4 Å². The number of aromatic nitrogens is 1. The Labute approximate surface area is 200 Å². The van der Waals surface area contributed by atoms with E-state index in [2.05, 4.69) is 25.5 Å². The first kappa shape index (κ1) is 24.3. The van der Waals surface area contributed by atoms with E-state index in [9.17, 15) is 0 Å². The summed E-state index contributed by atoms with van der Waals surface area (Å²) >= 11 is 6.26. The number of pyridine rings is 1. The molecule has 0 spiro atoms. The van der Waals surface area contributed by atoms with Crippen molar-refractivity contribution in [2.24, 2.45) is 4.99 Å². The molecule has 1 saturated heterocycles. The van der Waals surface area contributed by atoms with Gasteiger partial charge in [-0.1, -0.05) is 11.6 Å². The van der Waals surface area contributed by atoms with Crippen LogP contribution in [0.15, 0.2) is 47.6 Å². The highest BCUT2D eigenvalue weighted by atomic mass is 127. The van der Waals surface area contributed by atoms with E-state index in [-0.39, 0.29) is 24.0 Å². The van der Waals surface area contributed by atoms with E-state index < -0.39 is 0 Å². The lowest BCUT2D eigenvalue weighted by Gasteiger charge is -2.20. The summed E-state index contributed by atoms with van der Waals surface area (Å²) in [6.07, 6.45) is 3.65. The molecule has 0 bridgehead atoms. The van der Waals surface area contributed by atoms with Gasteiger partial charge in [0.05, 0.1) is 18.7 Å².